The second-order valence-electron chi connectivity index (χ2n) is 4.80. The van der Waals surface area contributed by atoms with E-state index in [1.807, 2.05) is 0 Å². The van der Waals surface area contributed by atoms with Crippen molar-refractivity contribution in [1.82, 2.24) is 9.80 Å². The first kappa shape index (κ1) is 16.5. The number of hydrogen-bond acceptors (Lipinski definition) is 5. The van der Waals surface area contributed by atoms with Gasteiger partial charge in [-0.05, 0) is 28.1 Å². The lowest BCUT2D eigenvalue weighted by molar-refractivity contribution is -0.159. The number of furan rings is 1. The molecule has 2 heterocycles. The molecule has 1 saturated heterocycles. The number of hydrogen-bond donors (Lipinski definition) is 1. The summed E-state index contributed by atoms with van der Waals surface area (Å²) in [7, 11) is 1.48. The fourth-order valence-corrected chi connectivity index (χ4v) is 2.32. The number of likely N-dealkylation sites (N-methyl/N-ethyl adjacent to an activating group) is 1. The van der Waals surface area contributed by atoms with Gasteiger partial charge in [-0.3, -0.25) is 9.59 Å². The van der Waals surface area contributed by atoms with Gasteiger partial charge < -0.3 is 24.1 Å². The molecule has 2 amide bonds. The molecule has 8 nitrogen and oxygen atoms in total. The summed E-state index contributed by atoms with van der Waals surface area (Å²) < 4.78 is 10.6. The fourth-order valence-electron chi connectivity index (χ4n) is 2.02. The Morgan fingerprint density at radius 3 is 2.77 bits per heavy atom. The van der Waals surface area contributed by atoms with Gasteiger partial charge >= 0.3 is 5.97 Å². The number of halogens is 1. The molecule has 0 bridgehead atoms. The molecular weight excluding hydrogens is 360 g/mol. The second-order valence-corrected chi connectivity index (χ2v) is 5.58. The van der Waals surface area contributed by atoms with Crippen molar-refractivity contribution >= 4 is 33.7 Å². The molecule has 1 aliphatic rings. The van der Waals surface area contributed by atoms with Gasteiger partial charge in [0.25, 0.3) is 5.91 Å². The molecule has 1 atom stereocenters. The minimum absolute atomic E-state index is 0.0253. The van der Waals surface area contributed by atoms with E-state index in [1.54, 1.807) is 6.07 Å². The van der Waals surface area contributed by atoms with Crippen LogP contribution in [-0.4, -0.2) is 72.1 Å². The Balaban J connectivity index is 1.93. The number of morpholine rings is 1. The third kappa shape index (κ3) is 3.86. The predicted molar refractivity (Wildman–Crippen MR) is 77.3 cm³/mol. The standard InChI is InChI=1S/C13H15BrN2O6/c1-15(12(18)8-2-3-10(14)22-8)7-11(17)16-4-5-21-9(6-16)13(19)20/h2-3,9H,4-7H2,1H3,(H,19,20). The minimum atomic E-state index is -1.11. The van der Waals surface area contributed by atoms with Gasteiger partial charge in [-0.15, -0.1) is 0 Å². The molecule has 1 N–H and O–H groups in total. The van der Waals surface area contributed by atoms with Crippen LogP contribution in [0.1, 0.15) is 10.6 Å². The second kappa shape index (κ2) is 6.93. The lowest BCUT2D eigenvalue weighted by Crippen LogP contribution is -2.51. The zero-order chi connectivity index (χ0) is 16.3. The van der Waals surface area contributed by atoms with E-state index in [2.05, 4.69) is 15.9 Å². The van der Waals surface area contributed by atoms with E-state index in [4.69, 9.17) is 14.3 Å². The number of ether oxygens (including phenoxy) is 1. The number of carbonyl (C=O) groups excluding carboxylic acids is 2. The number of nitrogens with zero attached hydrogens (tertiary/aromatic N) is 2. The first-order valence-corrected chi connectivity index (χ1v) is 7.30. The molecule has 0 radical (unpaired) electrons. The van der Waals surface area contributed by atoms with Crippen LogP contribution in [0.5, 0.6) is 0 Å². The SMILES string of the molecule is CN(CC(=O)N1CCOC(C(=O)O)C1)C(=O)c1ccc(Br)o1. The van der Waals surface area contributed by atoms with Gasteiger partial charge in [-0.2, -0.15) is 0 Å². The summed E-state index contributed by atoms with van der Waals surface area (Å²) in [5.74, 6) is -1.76. The van der Waals surface area contributed by atoms with Gasteiger partial charge in [0, 0.05) is 13.6 Å². The lowest BCUT2D eigenvalue weighted by atomic mass is 10.2. The quantitative estimate of drug-likeness (QED) is 0.819. The topological polar surface area (TPSA) is 100 Å². The van der Waals surface area contributed by atoms with Crippen LogP contribution in [0, 0.1) is 0 Å². The monoisotopic (exact) mass is 374 g/mol. The van der Waals surface area contributed by atoms with Gasteiger partial charge in [0.1, 0.15) is 0 Å². The summed E-state index contributed by atoms with van der Waals surface area (Å²) in [5.41, 5.74) is 0. The van der Waals surface area contributed by atoms with Crippen LogP contribution in [-0.2, 0) is 14.3 Å². The van der Waals surface area contributed by atoms with Crippen LogP contribution in [0.3, 0.4) is 0 Å². The summed E-state index contributed by atoms with van der Waals surface area (Å²) >= 11 is 3.10. The summed E-state index contributed by atoms with van der Waals surface area (Å²) in [6.07, 6.45) is -1.03. The highest BCUT2D eigenvalue weighted by molar-refractivity contribution is 9.10. The summed E-state index contributed by atoms with van der Waals surface area (Å²) in [6.45, 7) is 0.272. The van der Waals surface area contributed by atoms with E-state index in [0.29, 0.717) is 11.2 Å². The highest BCUT2D eigenvalue weighted by Gasteiger charge is 2.30. The van der Waals surface area contributed by atoms with E-state index < -0.39 is 18.0 Å². The summed E-state index contributed by atoms with van der Waals surface area (Å²) in [4.78, 5) is 37.7. The Morgan fingerprint density at radius 1 is 1.45 bits per heavy atom. The first-order chi connectivity index (χ1) is 10.4. The molecule has 1 fully saturated rings. The Bertz CT molecular complexity index is 587. The van der Waals surface area contributed by atoms with Gasteiger partial charge in [-0.25, -0.2) is 4.79 Å². The van der Waals surface area contributed by atoms with Crippen molar-refractivity contribution in [2.75, 3.05) is 33.3 Å². The fraction of sp³-hybridized carbons (Fsp3) is 0.462. The van der Waals surface area contributed by atoms with Crippen LogP contribution in [0.15, 0.2) is 21.2 Å². The normalized spacial score (nSPS) is 18.1. The minimum Gasteiger partial charge on any atom is -0.479 e. The smallest absolute Gasteiger partial charge is 0.334 e. The molecule has 0 spiro atoms. The van der Waals surface area contributed by atoms with E-state index >= 15 is 0 Å². The van der Waals surface area contributed by atoms with E-state index in [1.165, 1.54) is 22.9 Å². The highest BCUT2D eigenvalue weighted by atomic mass is 79.9. The molecule has 22 heavy (non-hydrogen) atoms. The molecule has 1 aromatic heterocycles. The van der Waals surface area contributed by atoms with E-state index in [-0.39, 0.29) is 31.4 Å². The van der Waals surface area contributed by atoms with Crippen LogP contribution < -0.4 is 0 Å². The van der Waals surface area contributed by atoms with Crippen LogP contribution in [0.25, 0.3) is 0 Å². The van der Waals surface area contributed by atoms with Crippen molar-refractivity contribution in [1.29, 1.82) is 0 Å². The van der Waals surface area contributed by atoms with Crippen molar-refractivity contribution in [3.63, 3.8) is 0 Å². The van der Waals surface area contributed by atoms with Gasteiger partial charge in [0.2, 0.25) is 5.91 Å². The average molecular weight is 375 g/mol. The highest BCUT2D eigenvalue weighted by Crippen LogP contribution is 2.15. The number of amides is 2. The molecule has 0 aromatic carbocycles. The van der Waals surface area contributed by atoms with Crippen molar-refractivity contribution in [2.24, 2.45) is 0 Å². The first-order valence-electron chi connectivity index (χ1n) is 6.51. The van der Waals surface area contributed by atoms with Crippen molar-refractivity contribution in [3.05, 3.63) is 22.6 Å². The third-order valence-corrected chi connectivity index (χ3v) is 3.62. The number of carboxylic acid groups (broad SMARTS) is 1. The van der Waals surface area contributed by atoms with Crippen LogP contribution in [0.4, 0.5) is 0 Å². The molecule has 0 saturated carbocycles. The maximum atomic E-state index is 12.2. The Morgan fingerprint density at radius 2 is 2.18 bits per heavy atom. The number of carbonyl (C=O) groups is 3. The van der Waals surface area contributed by atoms with E-state index in [0.717, 1.165) is 0 Å². The van der Waals surface area contributed by atoms with Crippen molar-refractivity contribution < 1.29 is 28.6 Å². The van der Waals surface area contributed by atoms with Crippen molar-refractivity contribution in [2.45, 2.75) is 6.10 Å². The van der Waals surface area contributed by atoms with Gasteiger partial charge in [-0.1, -0.05) is 0 Å². The predicted octanol–water partition coefficient (Wildman–Crippen LogP) is 0.426. The lowest BCUT2D eigenvalue weighted by Gasteiger charge is -2.31. The molecule has 2 rings (SSSR count). The molecular formula is C13H15BrN2O6. The molecule has 0 aliphatic carbocycles. The van der Waals surface area contributed by atoms with Gasteiger partial charge in [0.05, 0.1) is 19.7 Å². The maximum Gasteiger partial charge on any atom is 0.334 e. The van der Waals surface area contributed by atoms with Crippen LogP contribution >= 0.6 is 15.9 Å². The summed E-state index contributed by atoms with van der Waals surface area (Å²) in [6, 6.07) is 3.09. The average Bonchev–Trinajstić information content (AvgIpc) is 2.93. The largest absolute Gasteiger partial charge is 0.479 e. The summed E-state index contributed by atoms with van der Waals surface area (Å²) in [5, 5.41) is 8.91. The molecule has 120 valence electrons. The molecule has 9 heteroatoms. The third-order valence-electron chi connectivity index (χ3n) is 3.20. The number of aliphatic carboxylic acids is 1. The molecule has 1 aromatic rings. The molecule has 1 aliphatic heterocycles. The van der Waals surface area contributed by atoms with Crippen LogP contribution in [0.2, 0.25) is 0 Å². The Kier molecular flexibility index (Phi) is 5.19. The number of rotatable bonds is 4. The Labute approximate surface area is 134 Å². The Hall–Kier alpha value is -1.87. The zero-order valence-corrected chi connectivity index (χ0v) is 13.4. The molecule has 1 unspecified atom stereocenters. The number of carboxylic acids is 1. The van der Waals surface area contributed by atoms with Gasteiger partial charge in [0.15, 0.2) is 16.5 Å². The maximum absolute atomic E-state index is 12.2. The van der Waals surface area contributed by atoms with Crippen molar-refractivity contribution in [3.8, 4) is 0 Å². The zero-order valence-electron chi connectivity index (χ0n) is 11.8. The van der Waals surface area contributed by atoms with E-state index in [9.17, 15) is 14.4 Å².